The number of nitrogens with zero attached hydrogens (tertiary/aromatic N) is 1. The number of piperidine rings is 1. The van der Waals surface area contributed by atoms with Gasteiger partial charge in [-0.1, -0.05) is 0 Å². The summed E-state index contributed by atoms with van der Waals surface area (Å²) in [6, 6.07) is 1.94. The number of hydrogen-bond acceptors (Lipinski definition) is 4. The van der Waals surface area contributed by atoms with Gasteiger partial charge >= 0.3 is 0 Å². The minimum atomic E-state index is -0.321. The Hall–Kier alpha value is -0.910. The number of rotatable bonds is 3. The van der Waals surface area contributed by atoms with E-state index in [-0.39, 0.29) is 5.91 Å². The molecule has 1 aromatic heterocycles. The molecule has 1 amide bonds. The minimum Gasteiger partial charge on any atom is -0.366 e. The van der Waals surface area contributed by atoms with Gasteiger partial charge in [0.2, 0.25) is 5.91 Å². The van der Waals surface area contributed by atoms with Crippen molar-refractivity contribution in [2.24, 2.45) is 11.1 Å². The minimum absolute atomic E-state index is 0.321. The molecule has 0 bridgehead atoms. The monoisotopic (exact) mass is 279 g/mol. The van der Waals surface area contributed by atoms with Crippen LogP contribution in [-0.4, -0.2) is 37.0 Å². The summed E-state index contributed by atoms with van der Waals surface area (Å²) in [6.07, 6.45) is 3.93. The van der Waals surface area contributed by atoms with Crippen LogP contribution in [0.3, 0.4) is 0 Å². The van der Waals surface area contributed by atoms with E-state index >= 15 is 0 Å². The quantitative estimate of drug-likeness (QED) is 0.880. The molecule has 5 heteroatoms. The lowest BCUT2D eigenvalue weighted by Gasteiger charge is -2.33. The average Bonchev–Trinajstić information content (AvgIpc) is 2.99. The number of carbonyl (C=O) groups excluding carboxylic acids is 1. The topological polar surface area (TPSA) is 58.4 Å². The Balaban J connectivity index is 1.60. The highest BCUT2D eigenvalue weighted by atomic mass is 32.1. The number of hydrogen-bond donors (Lipinski definition) is 2. The third-order valence-corrected chi connectivity index (χ3v) is 5.42. The second kappa shape index (κ2) is 5.23. The van der Waals surface area contributed by atoms with Crippen molar-refractivity contribution >= 4 is 17.2 Å². The van der Waals surface area contributed by atoms with Gasteiger partial charge in [-0.25, -0.2) is 0 Å². The smallest absolute Gasteiger partial charge is 0.249 e. The van der Waals surface area contributed by atoms with Crippen molar-refractivity contribution in [3.63, 3.8) is 0 Å². The molecule has 0 aliphatic carbocycles. The fourth-order valence-corrected chi connectivity index (χ4v) is 4.26. The zero-order valence-corrected chi connectivity index (χ0v) is 12.0. The lowest BCUT2D eigenvalue weighted by Crippen LogP contribution is -2.38. The molecule has 0 unspecified atom stereocenters. The van der Waals surface area contributed by atoms with Crippen molar-refractivity contribution in [2.75, 3.05) is 26.2 Å². The molecule has 1 spiro atoms. The van der Waals surface area contributed by atoms with E-state index in [4.69, 9.17) is 5.73 Å². The normalized spacial score (nSPS) is 22.9. The molecule has 2 fully saturated rings. The molecule has 0 aromatic carbocycles. The third kappa shape index (κ3) is 2.83. The van der Waals surface area contributed by atoms with Gasteiger partial charge in [-0.05, 0) is 50.4 Å². The molecule has 3 N–H and O–H groups in total. The van der Waals surface area contributed by atoms with Crippen LogP contribution in [0.4, 0.5) is 0 Å². The van der Waals surface area contributed by atoms with Gasteiger partial charge in [0.15, 0.2) is 0 Å². The van der Waals surface area contributed by atoms with Gasteiger partial charge in [-0.2, -0.15) is 0 Å². The highest BCUT2D eigenvalue weighted by Gasteiger charge is 2.38. The van der Waals surface area contributed by atoms with E-state index in [2.05, 4.69) is 10.2 Å². The number of primary amides is 1. The fraction of sp³-hybridized carbons (Fsp3) is 0.643. The van der Waals surface area contributed by atoms with E-state index < -0.39 is 0 Å². The second-order valence-corrected chi connectivity index (χ2v) is 6.87. The highest BCUT2D eigenvalue weighted by molar-refractivity contribution is 7.10. The van der Waals surface area contributed by atoms with Crippen molar-refractivity contribution < 1.29 is 4.79 Å². The van der Waals surface area contributed by atoms with E-state index in [1.807, 2.05) is 11.4 Å². The lowest BCUT2D eigenvalue weighted by atomic mass is 9.78. The van der Waals surface area contributed by atoms with Crippen LogP contribution in [0, 0.1) is 5.41 Å². The first-order valence-corrected chi connectivity index (χ1v) is 7.85. The molecule has 1 aromatic rings. The van der Waals surface area contributed by atoms with Gasteiger partial charge in [0.25, 0.3) is 0 Å². The number of thiophene rings is 1. The molecular weight excluding hydrogens is 258 g/mol. The van der Waals surface area contributed by atoms with Crippen LogP contribution in [0.1, 0.15) is 34.5 Å². The molecule has 104 valence electrons. The van der Waals surface area contributed by atoms with Crippen LogP contribution in [-0.2, 0) is 6.54 Å². The van der Waals surface area contributed by atoms with Crippen molar-refractivity contribution in [1.82, 2.24) is 10.2 Å². The maximum Gasteiger partial charge on any atom is 0.249 e. The van der Waals surface area contributed by atoms with E-state index in [1.54, 1.807) is 11.3 Å². The Morgan fingerprint density at radius 1 is 1.42 bits per heavy atom. The van der Waals surface area contributed by atoms with Crippen molar-refractivity contribution in [1.29, 1.82) is 0 Å². The largest absolute Gasteiger partial charge is 0.366 e. The molecular formula is C14H21N3OS. The summed E-state index contributed by atoms with van der Waals surface area (Å²) in [4.78, 5) is 14.9. The molecule has 2 saturated heterocycles. The van der Waals surface area contributed by atoms with Crippen molar-refractivity contribution in [3.8, 4) is 0 Å². The summed E-state index contributed by atoms with van der Waals surface area (Å²) < 4.78 is 0. The van der Waals surface area contributed by atoms with E-state index in [0.717, 1.165) is 6.54 Å². The summed E-state index contributed by atoms with van der Waals surface area (Å²) >= 11 is 1.64. The van der Waals surface area contributed by atoms with Crippen LogP contribution < -0.4 is 11.1 Å². The van der Waals surface area contributed by atoms with Gasteiger partial charge in [0.05, 0.1) is 5.56 Å². The van der Waals surface area contributed by atoms with Crippen molar-refractivity contribution in [2.45, 2.75) is 25.8 Å². The number of likely N-dealkylation sites (tertiary alicyclic amines) is 1. The predicted molar refractivity (Wildman–Crippen MR) is 77.3 cm³/mol. The van der Waals surface area contributed by atoms with Crippen LogP contribution >= 0.6 is 11.3 Å². The zero-order valence-electron chi connectivity index (χ0n) is 11.2. The Labute approximate surface area is 118 Å². The molecule has 0 radical (unpaired) electrons. The molecule has 4 nitrogen and oxygen atoms in total. The summed E-state index contributed by atoms with van der Waals surface area (Å²) in [7, 11) is 0. The van der Waals surface area contributed by atoms with Gasteiger partial charge in [-0.3, -0.25) is 9.69 Å². The predicted octanol–water partition coefficient (Wildman–Crippen LogP) is 1.42. The summed E-state index contributed by atoms with van der Waals surface area (Å²) in [5.74, 6) is -0.321. The Morgan fingerprint density at radius 3 is 2.89 bits per heavy atom. The van der Waals surface area contributed by atoms with Gasteiger partial charge < -0.3 is 11.1 Å². The summed E-state index contributed by atoms with van der Waals surface area (Å²) in [5, 5.41) is 5.32. The highest BCUT2D eigenvalue weighted by Crippen LogP contribution is 2.39. The lowest BCUT2D eigenvalue weighted by molar-refractivity contribution is 0.100. The van der Waals surface area contributed by atoms with Crippen LogP contribution in [0.25, 0.3) is 0 Å². The average molecular weight is 279 g/mol. The number of amides is 1. The Morgan fingerprint density at radius 2 is 2.21 bits per heavy atom. The first-order valence-electron chi connectivity index (χ1n) is 6.97. The first-order chi connectivity index (χ1) is 9.17. The number of carbonyl (C=O) groups is 1. The fourth-order valence-electron chi connectivity index (χ4n) is 3.34. The first kappa shape index (κ1) is 13.1. The van der Waals surface area contributed by atoms with Crippen LogP contribution in [0.2, 0.25) is 0 Å². The van der Waals surface area contributed by atoms with Crippen LogP contribution in [0.5, 0.6) is 0 Å². The standard InChI is InChI=1S/C14H21N3OS/c15-13(18)11-7-12(19-9-11)8-17-6-3-14(10-17)1-4-16-5-2-14/h7,9,16H,1-6,8,10H2,(H2,15,18). The molecule has 19 heavy (non-hydrogen) atoms. The maximum absolute atomic E-state index is 11.1. The van der Waals surface area contributed by atoms with Crippen molar-refractivity contribution in [3.05, 3.63) is 21.9 Å². The van der Waals surface area contributed by atoms with E-state index in [1.165, 1.54) is 50.3 Å². The SMILES string of the molecule is NC(=O)c1csc(CN2CCC3(CCNCC3)C2)c1. The molecule has 3 rings (SSSR count). The zero-order chi connectivity index (χ0) is 13.3. The maximum atomic E-state index is 11.1. The Kier molecular flexibility index (Phi) is 3.60. The van der Waals surface area contributed by atoms with Gasteiger partial charge in [-0.15, -0.1) is 11.3 Å². The van der Waals surface area contributed by atoms with E-state index in [0.29, 0.717) is 11.0 Å². The second-order valence-electron chi connectivity index (χ2n) is 5.88. The van der Waals surface area contributed by atoms with Gasteiger partial charge in [0.1, 0.15) is 0 Å². The number of nitrogens with two attached hydrogens (primary N) is 1. The Bertz CT molecular complexity index is 465. The number of nitrogens with one attached hydrogen (secondary N) is 1. The summed E-state index contributed by atoms with van der Waals surface area (Å²) in [6.45, 7) is 5.69. The van der Waals surface area contributed by atoms with Crippen LogP contribution in [0.15, 0.2) is 11.4 Å². The molecule has 0 atom stereocenters. The molecule has 2 aliphatic heterocycles. The summed E-state index contributed by atoms with van der Waals surface area (Å²) in [5.41, 5.74) is 6.49. The van der Waals surface area contributed by atoms with Gasteiger partial charge in [0, 0.05) is 23.3 Å². The third-order valence-electron chi connectivity index (χ3n) is 4.50. The van der Waals surface area contributed by atoms with E-state index in [9.17, 15) is 4.79 Å². The molecule has 2 aliphatic rings. The molecule has 3 heterocycles. The molecule has 0 saturated carbocycles.